The van der Waals surface area contributed by atoms with Crippen molar-refractivity contribution in [2.75, 3.05) is 16.8 Å². The largest absolute Gasteiger partial charge is 0.507 e. The summed E-state index contributed by atoms with van der Waals surface area (Å²) in [5.41, 5.74) is -0.891. The van der Waals surface area contributed by atoms with Crippen LogP contribution < -0.4 is 15.1 Å². The smallest absolute Gasteiger partial charge is 0.417 e. The van der Waals surface area contributed by atoms with Gasteiger partial charge in [-0.25, -0.2) is 0 Å². The lowest BCUT2D eigenvalue weighted by molar-refractivity contribution is -0.137. The quantitative estimate of drug-likeness (QED) is 0.152. The van der Waals surface area contributed by atoms with Crippen molar-refractivity contribution >= 4 is 46.7 Å². The summed E-state index contributed by atoms with van der Waals surface area (Å²) in [6, 6.07) is 9.32. The lowest BCUT2D eigenvalue weighted by Crippen LogP contribution is -2.55. The summed E-state index contributed by atoms with van der Waals surface area (Å²) in [7, 11) is 1.54. The van der Waals surface area contributed by atoms with Crippen LogP contribution in [-0.2, 0) is 11.0 Å². The lowest BCUT2D eigenvalue weighted by atomic mass is 9.75. The average molecular weight is 609 g/mol. The summed E-state index contributed by atoms with van der Waals surface area (Å²) in [6.07, 6.45) is 2.19. The van der Waals surface area contributed by atoms with Crippen molar-refractivity contribution in [2.45, 2.75) is 57.7 Å². The third-order valence-corrected chi connectivity index (χ3v) is 7.74. The number of phenols is 1. The summed E-state index contributed by atoms with van der Waals surface area (Å²) >= 11 is 5.72. The minimum atomic E-state index is -4.80. The van der Waals surface area contributed by atoms with Gasteiger partial charge in [0, 0.05) is 30.3 Å². The maximum Gasteiger partial charge on any atom is 0.417 e. The van der Waals surface area contributed by atoms with E-state index in [2.05, 4.69) is 28.8 Å². The number of nitrogens with one attached hydrogen (secondary N) is 1. The second-order valence-electron chi connectivity index (χ2n) is 10.3. The second kappa shape index (κ2) is 12.4. The van der Waals surface area contributed by atoms with E-state index < -0.39 is 28.7 Å². The van der Waals surface area contributed by atoms with Crippen molar-refractivity contribution in [2.24, 2.45) is 9.98 Å². The minimum absolute atomic E-state index is 0.00460. The molecule has 1 amide bonds. The molecule has 0 unspecified atom stereocenters. The summed E-state index contributed by atoms with van der Waals surface area (Å²) in [5.74, 6) is -0.246. The number of unbranched alkanes of at least 4 members (excludes halogenated alkanes) is 1. The number of thiocarbonyl (C=S) groups is 1. The van der Waals surface area contributed by atoms with E-state index in [0.717, 1.165) is 42.0 Å². The van der Waals surface area contributed by atoms with Gasteiger partial charge in [-0.2, -0.15) is 18.4 Å². The first-order valence-corrected chi connectivity index (χ1v) is 14.1. The highest BCUT2D eigenvalue weighted by Crippen LogP contribution is 2.48. The number of alkyl halides is 3. The Labute approximate surface area is 253 Å². The number of amidine groups is 1. The monoisotopic (exact) mass is 608 g/mol. The molecule has 43 heavy (non-hydrogen) atoms. The average Bonchev–Trinajstić information content (AvgIpc) is 3.18. The second-order valence-corrected chi connectivity index (χ2v) is 10.7. The van der Waals surface area contributed by atoms with Crippen molar-refractivity contribution in [1.82, 2.24) is 5.32 Å². The maximum absolute atomic E-state index is 13.8. The van der Waals surface area contributed by atoms with Crippen LogP contribution in [0.25, 0.3) is 0 Å². The van der Waals surface area contributed by atoms with Gasteiger partial charge in [-0.1, -0.05) is 19.9 Å². The normalized spacial score (nSPS) is 17.0. The standard InChI is InChI=1S/C31H31F3N6O2S/c1-5-6-14-37-19(2)15-20(3)38-27(36-4)24-16-23(10-11-26(24)41)40-29(43)39(28(42)30(40)12-7-13-30)22-9-8-21(18-35)25(17-22)31(32,33)34/h8-11,14-17,41H,3,5-7,12-13H2,1-2,4H3,(H,36,38)/b19-15+,37-14?. The van der Waals surface area contributed by atoms with Crippen molar-refractivity contribution in [3.8, 4) is 11.8 Å². The van der Waals surface area contributed by atoms with Crippen LogP contribution in [0, 0.1) is 11.3 Å². The first-order chi connectivity index (χ1) is 20.4. The molecule has 1 saturated heterocycles. The number of nitriles is 1. The zero-order valence-electron chi connectivity index (χ0n) is 24.0. The molecule has 2 aliphatic rings. The van der Waals surface area contributed by atoms with E-state index >= 15 is 0 Å². The number of amides is 1. The maximum atomic E-state index is 13.8. The van der Waals surface area contributed by atoms with E-state index in [1.165, 1.54) is 12.1 Å². The van der Waals surface area contributed by atoms with Gasteiger partial charge < -0.3 is 15.3 Å². The molecule has 1 saturated carbocycles. The van der Waals surface area contributed by atoms with E-state index in [0.29, 0.717) is 35.6 Å². The fourth-order valence-corrected chi connectivity index (χ4v) is 5.59. The number of nitrogens with zero attached hydrogens (tertiary/aromatic N) is 5. The number of phenolic OH excluding ortho intramolecular Hbond substituents is 1. The number of allylic oxidation sites excluding steroid dienone is 2. The number of hydrogen-bond donors (Lipinski definition) is 2. The van der Waals surface area contributed by atoms with Crippen LogP contribution in [0.2, 0.25) is 0 Å². The summed E-state index contributed by atoms with van der Waals surface area (Å²) in [6.45, 7) is 7.90. The molecule has 2 aromatic rings. The van der Waals surface area contributed by atoms with Gasteiger partial charge in [0.15, 0.2) is 5.11 Å². The highest BCUT2D eigenvalue weighted by Gasteiger charge is 2.59. The molecule has 8 nitrogen and oxygen atoms in total. The predicted molar refractivity (Wildman–Crippen MR) is 165 cm³/mol. The van der Waals surface area contributed by atoms with Gasteiger partial charge in [0.05, 0.1) is 28.4 Å². The Morgan fingerprint density at radius 3 is 2.53 bits per heavy atom. The van der Waals surface area contributed by atoms with Crippen LogP contribution >= 0.6 is 12.2 Å². The zero-order valence-corrected chi connectivity index (χ0v) is 24.8. The molecular weight excluding hydrogens is 577 g/mol. The predicted octanol–water partition coefficient (Wildman–Crippen LogP) is 6.60. The van der Waals surface area contributed by atoms with Crippen LogP contribution in [0.4, 0.5) is 24.5 Å². The molecule has 12 heteroatoms. The molecule has 1 spiro atoms. The summed E-state index contributed by atoms with van der Waals surface area (Å²) in [4.78, 5) is 25.2. The van der Waals surface area contributed by atoms with Crippen molar-refractivity contribution in [3.63, 3.8) is 0 Å². The molecule has 2 fully saturated rings. The van der Waals surface area contributed by atoms with Crippen molar-refractivity contribution in [3.05, 3.63) is 77.1 Å². The van der Waals surface area contributed by atoms with Crippen LogP contribution in [0.1, 0.15) is 62.6 Å². The zero-order chi connectivity index (χ0) is 31.5. The molecule has 0 bridgehead atoms. The van der Waals surface area contributed by atoms with E-state index in [4.69, 9.17) is 12.2 Å². The SMILES string of the molecule is C=C(/C=C(\C)N=CCCC)NC(=NC)c1cc(N2C(=S)N(c3ccc(C#N)c(C(F)(F)F)c3)C(=O)C23CCC3)ccc1O. The van der Waals surface area contributed by atoms with Gasteiger partial charge in [0.25, 0.3) is 5.91 Å². The Kier molecular flexibility index (Phi) is 9.06. The van der Waals surface area contributed by atoms with E-state index in [1.807, 2.05) is 13.1 Å². The van der Waals surface area contributed by atoms with Crippen LogP contribution in [0.3, 0.4) is 0 Å². The molecule has 0 aromatic heterocycles. The number of rotatable bonds is 8. The number of aliphatic imine (C=N–C) groups is 2. The fraction of sp³-hybridized carbons (Fsp3) is 0.323. The summed E-state index contributed by atoms with van der Waals surface area (Å²) < 4.78 is 41.2. The third kappa shape index (κ3) is 6.03. The van der Waals surface area contributed by atoms with Gasteiger partial charge in [-0.3, -0.25) is 19.7 Å². The molecule has 0 atom stereocenters. The molecule has 0 radical (unpaired) electrons. The molecule has 1 heterocycles. The number of anilines is 2. The Morgan fingerprint density at radius 1 is 1.26 bits per heavy atom. The third-order valence-electron chi connectivity index (χ3n) is 7.37. The molecule has 2 N–H and O–H groups in total. The van der Waals surface area contributed by atoms with E-state index in [1.54, 1.807) is 36.2 Å². The Bertz CT molecular complexity index is 1600. The number of aromatic hydroxyl groups is 1. The van der Waals surface area contributed by atoms with Crippen LogP contribution in [0.15, 0.2) is 70.4 Å². The number of hydrogen-bond acceptors (Lipinski definition) is 6. The molecule has 4 rings (SSSR count). The number of carbonyl (C=O) groups is 1. The van der Waals surface area contributed by atoms with Crippen molar-refractivity contribution < 1.29 is 23.1 Å². The lowest BCUT2D eigenvalue weighted by Gasteiger charge is -2.43. The highest BCUT2D eigenvalue weighted by molar-refractivity contribution is 7.81. The minimum Gasteiger partial charge on any atom is -0.507 e. The number of benzene rings is 2. The molecule has 224 valence electrons. The molecular formula is C31H31F3N6O2S. The highest BCUT2D eigenvalue weighted by atomic mass is 32.1. The van der Waals surface area contributed by atoms with Gasteiger partial charge in [0.1, 0.15) is 17.1 Å². The first kappa shape index (κ1) is 31.4. The van der Waals surface area contributed by atoms with Crippen LogP contribution in [-0.4, -0.2) is 40.8 Å². The Morgan fingerprint density at radius 2 is 1.95 bits per heavy atom. The Hall–Kier alpha value is -4.50. The Balaban J connectivity index is 1.70. The van der Waals surface area contributed by atoms with Gasteiger partial charge in [-0.05, 0) is 87.3 Å². The van der Waals surface area contributed by atoms with Crippen molar-refractivity contribution in [1.29, 1.82) is 5.26 Å². The fourth-order valence-electron chi connectivity index (χ4n) is 5.12. The van der Waals surface area contributed by atoms with Gasteiger partial charge in [0.2, 0.25) is 0 Å². The van der Waals surface area contributed by atoms with E-state index in [-0.39, 0.29) is 16.5 Å². The topological polar surface area (TPSA) is 104 Å². The van der Waals surface area contributed by atoms with E-state index in [9.17, 15) is 28.3 Å². The first-order valence-electron chi connectivity index (χ1n) is 13.6. The summed E-state index contributed by atoms with van der Waals surface area (Å²) in [5, 5.41) is 23.1. The number of halogens is 3. The molecule has 1 aliphatic heterocycles. The number of carbonyl (C=O) groups excluding carboxylic acids is 1. The molecule has 2 aromatic carbocycles. The van der Waals surface area contributed by atoms with Gasteiger partial charge >= 0.3 is 6.18 Å². The van der Waals surface area contributed by atoms with Gasteiger partial charge in [-0.15, -0.1) is 0 Å². The molecule has 1 aliphatic carbocycles. The van der Waals surface area contributed by atoms with Crippen LogP contribution in [0.5, 0.6) is 5.75 Å².